The van der Waals surface area contributed by atoms with Gasteiger partial charge in [-0.15, -0.1) is 0 Å². The van der Waals surface area contributed by atoms with Crippen molar-refractivity contribution in [2.24, 2.45) is 5.92 Å². The Balaban J connectivity index is 2.18. The lowest BCUT2D eigenvalue weighted by atomic mass is 9.90. The summed E-state index contributed by atoms with van der Waals surface area (Å²) in [5.41, 5.74) is -0.637. The van der Waals surface area contributed by atoms with Crippen molar-refractivity contribution < 1.29 is 19.1 Å². The molecule has 0 unspecified atom stereocenters. The zero-order valence-electron chi connectivity index (χ0n) is 26.7. The molecule has 2 rings (SSSR count). The number of hydrogen-bond donors (Lipinski definition) is 3. The average molecular weight is 593 g/mol. The Morgan fingerprint density at radius 2 is 1.48 bits per heavy atom. The van der Waals surface area contributed by atoms with Gasteiger partial charge in [-0.05, 0) is 80.9 Å². The van der Waals surface area contributed by atoms with Crippen LogP contribution in [-0.4, -0.2) is 36.8 Å². The predicted octanol–water partition coefficient (Wildman–Crippen LogP) is 6.59. The number of rotatable bonds is 15. The first-order valence-electron chi connectivity index (χ1n) is 15.2. The Morgan fingerprint density at radius 3 is 1.98 bits per heavy atom. The number of nitrogens with one attached hydrogen (secondary N) is 2. The molecule has 0 saturated carbocycles. The van der Waals surface area contributed by atoms with Crippen molar-refractivity contribution in [2.45, 2.75) is 104 Å². The van der Waals surface area contributed by atoms with E-state index in [2.05, 4.69) is 60.9 Å². The van der Waals surface area contributed by atoms with Crippen LogP contribution >= 0.6 is 0 Å². The third-order valence-electron chi connectivity index (χ3n) is 7.53. The van der Waals surface area contributed by atoms with Crippen molar-refractivity contribution in [3.63, 3.8) is 0 Å². The highest BCUT2D eigenvalue weighted by Crippen LogP contribution is 2.43. The number of unbranched alkanes of at least 4 members (excludes halogenated alkanes) is 1. The van der Waals surface area contributed by atoms with Crippen LogP contribution in [0.5, 0.6) is 0 Å². The SMILES string of the molecule is C/C=C\C[C@@H](C/C=C\NC(=O)[C@H](CCCC)NC(=O)OC(C)(C)C)CC(C)(C)[Si](O)(c1ccccc1)c1ccccc1. The summed E-state index contributed by atoms with van der Waals surface area (Å²) in [5.74, 6) is -0.00240. The van der Waals surface area contributed by atoms with Gasteiger partial charge in [0, 0.05) is 0 Å². The van der Waals surface area contributed by atoms with Crippen molar-refractivity contribution in [3.05, 3.63) is 85.1 Å². The molecule has 0 aliphatic rings. The van der Waals surface area contributed by atoms with E-state index < -0.39 is 26.1 Å². The van der Waals surface area contributed by atoms with Gasteiger partial charge in [-0.3, -0.25) is 4.79 Å². The van der Waals surface area contributed by atoms with Gasteiger partial charge in [-0.1, -0.05) is 113 Å². The zero-order valence-corrected chi connectivity index (χ0v) is 27.7. The fourth-order valence-corrected chi connectivity index (χ4v) is 9.23. The van der Waals surface area contributed by atoms with Crippen LogP contribution in [0.4, 0.5) is 4.79 Å². The minimum absolute atomic E-state index is 0.256. The van der Waals surface area contributed by atoms with E-state index in [0.29, 0.717) is 6.42 Å². The summed E-state index contributed by atoms with van der Waals surface area (Å²) in [6.45, 7) is 13.8. The lowest BCUT2D eigenvalue weighted by Crippen LogP contribution is -2.65. The molecule has 42 heavy (non-hydrogen) atoms. The zero-order chi connectivity index (χ0) is 31.2. The largest absolute Gasteiger partial charge is 0.444 e. The standard InChI is InChI=1S/C35H52N2O4Si/c1-8-10-19-28(20-18-26-36-32(38)31(25-11-9-2)37-33(39)41-34(3,4)5)27-35(6,7)42(40,29-21-14-12-15-22-29)30-23-16-13-17-24-30/h8,10,12-18,21-24,26,28,31,40H,9,11,19-20,25,27H2,1-7H3,(H,36,38)(H,37,39)/b10-8-,26-18-/t28-,31-/m0/s1. The molecule has 7 heteroatoms. The molecule has 0 fully saturated rings. The van der Waals surface area contributed by atoms with Crippen molar-refractivity contribution in [2.75, 3.05) is 0 Å². The highest BCUT2D eigenvalue weighted by atomic mass is 28.4. The number of alkyl carbamates (subject to hydrolysis) is 1. The molecule has 0 spiro atoms. The van der Waals surface area contributed by atoms with E-state index in [1.807, 2.05) is 56.3 Å². The first-order valence-corrected chi connectivity index (χ1v) is 17.2. The van der Waals surface area contributed by atoms with E-state index in [1.54, 1.807) is 27.0 Å². The van der Waals surface area contributed by atoms with Crippen molar-refractivity contribution in [1.29, 1.82) is 0 Å². The molecule has 6 nitrogen and oxygen atoms in total. The third kappa shape index (κ3) is 10.6. The van der Waals surface area contributed by atoms with Crippen LogP contribution < -0.4 is 21.0 Å². The molecular weight excluding hydrogens is 540 g/mol. The summed E-state index contributed by atoms with van der Waals surface area (Å²) < 4.78 is 5.36. The van der Waals surface area contributed by atoms with E-state index in [4.69, 9.17) is 4.74 Å². The summed E-state index contributed by atoms with van der Waals surface area (Å²) in [6, 6.07) is 19.5. The Morgan fingerprint density at radius 1 is 0.929 bits per heavy atom. The Bertz CT molecular complexity index is 1120. The number of carbonyl (C=O) groups is 2. The lowest BCUT2D eigenvalue weighted by Gasteiger charge is -2.43. The van der Waals surface area contributed by atoms with Crippen LogP contribution in [0.2, 0.25) is 5.04 Å². The first kappa shape index (κ1) is 35.0. The molecule has 0 saturated heterocycles. The molecule has 2 amide bonds. The van der Waals surface area contributed by atoms with Gasteiger partial charge in [0.15, 0.2) is 0 Å². The van der Waals surface area contributed by atoms with Crippen LogP contribution in [0, 0.1) is 5.92 Å². The number of carbonyl (C=O) groups excluding carboxylic acids is 2. The molecule has 0 aliphatic carbocycles. The molecule has 3 N–H and O–H groups in total. The second-order valence-electron chi connectivity index (χ2n) is 12.7. The molecule has 0 aromatic heterocycles. The summed E-state index contributed by atoms with van der Waals surface area (Å²) >= 11 is 0. The second kappa shape index (κ2) is 16.5. The van der Waals surface area contributed by atoms with Gasteiger partial charge >= 0.3 is 6.09 Å². The van der Waals surface area contributed by atoms with Crippen LogP contribution in [0.25, 0.3) is 0 Å². The van der Waals surface area contributed by atoms with E-state index >= 15 is 0 Å². The highest BCUT2D eigenvalue weighted by molar-refractivity contribution is 6.98. The fraction of sp³-hybridized carbons (Fsp3) is 0.486. The first-order chi connectivity index (χ1) is 19.8. The molecular formula is C35H52N2O4Si. The van der Waals surface area contributed by atoms with Gasteiger partial charge in [-0.2, -0.15) is 0 Å². The summed E-state index contributed by atoms with van der Waals surface area (Å²) in [4.78, 5) is 37.9. The monoisotopic (exact) mass is 592 g/mol. The molecule has 0 bridgehead atoms. The molecule has 0 aliphatic heterocycles. The van der Waals surface area contributed by atoms with Gasteiger partial charge in [0.25, 0.3) is 8.32 Å². The third-order valence-corrected chi connectivity index (χ3v) is 12.0. The van der Waals surface area contributed by atoms with Crippen molar-refractivity contribution >= 4 is 30.7 Å². The Kier molecular flexibility index (Phi) is 13.7. The van der Waals surface area contributed by atoms with Crippen LogP contribution in [0.3, 0.4) is 0 Å². The second-order valence-corrected chi connectivity index (χ2v) is 16.6. The van der Waals surface area contributed by atoms with Crippen molar-refractivity contribution in [1.82, 2.24) is 10.6 Å². The highest BCUT2D eigenvalue weighted by Gasteiger charge is 2.50. The Hall–Kier alpha value is -3.16. The molecule has 0 radical (unpaired) electrons. The maximum atomic E-state index is 13.0. The van der Waals surface area contributed by atoms with Gasteiger partial charge in [0.05, 0.1) is 0 Å². The van der Waals surface area contributed by atoms with Gasteiger partial charge in [-0.25, -0.2) is 4.79 Å². The van der Waals surface area contributed by atoms with Gasteiger partial charge in [0.1, 0.15) is 11.6 Å². The topological polar surface area (TPSA) is 87.7 Å². The predicted molar refractivity (Wildman–Crippen MR) is 176 cm³/mol. The maximum Gasteiger partial charge on any atom is 0.408 e. The number of amides is 2. The minimum Gasteiger partial charge on any atom is -0.444 e. The molecule has 2 aromatic carbocycles. The lowest BCUT2D eigenvalue weighted by molar-refractivity contribution is -0.122. The molecule has 2 atom stereocenters. The van der Waals surface area contributed by atoms with E-state index in [1.165, 1.54) is 0 Å². The number of ether oxygens (including phenoxy) is 1. The molecule has 2 aromatic rings. The summed E-state index contributed by atoms with van der Waals surface area (Å²) in [5, 5.41) is 7.23. The Labute approximate surface area is 254 Å². The summed E-state index contributed by atoms with van der Waals surface area (Å²) in [7, 11) is -3.13. The van der Waals surface area contributed by atoms with E-state index in [-0.39, 0.29) is 16.9 Å². The normalized spacial score (nSPS) is 14.1. The maximum absolute atomic E-state index is 13.0. The molecule has 0 heterocycles. The van der Waals surface area contributed by atoms with Crippen LogP contribution in [0.1, 0.15) is 87.0 Å². The van der Waals surface area contributed by atoms with Gasteiger partial charge in [0.2, 0.25) is 5.91 Å². The number of benzene rings is 2. The number of hydrogen-bond acceptors (Lipinski definition) is 4. The summed E-state index contributed by atoms with van der Waals surface area (Å²) in [6.07, 6.45) is 12.0. The van der Waals surface area contributed by atoms with E-state index in [0.717, 1.165) is 42.5 Å². The number of allylic oxidation sites excluding steroid dienone is 3. The van der Waals surface area contributed by atoms with Crippen LogP contribution in [0.15, 0.2) is 85.1 Å². The smallest absolute Gasteiger partial charge is 0.408 e. The minimum atomic E-state index is -3.13. The molecule has 230 valence electrons. The van der Waals surface area contributed by atoms with Crippen molar-refractivity contribution in [3.8, 4) is 0 Å². The van der Waals surface area contributed by atoms with E-state index in [9.17, 15) is 14.4 Å². The average Bonchev–Trinajstić information content (AvgIpc) is 2.95. The van der Waals surface area contributed by atoms with Gasteiger partial charge < -0.3 is 20.2 Å². The van der Waals surface area contributed by atoms with Crippen LogP contribution in [-0.2, 0) is 9.53 Å². The quantitative estimate of drug-likeness (QED) is 0.161. The fourth-order valence-electron chi connectivity index (χ4n) is 5.40.